The van der Waals surface area contributed by atoms with Crippen LogP contribution < -0.4 is 10.9 Å². The summed E-state index contributed by atoms with van der Waals surface area (Å²) in [7, 11) is 0. The number of rotatable bonds is 5. The van der Waals surface area contributed by atoms with Crippen molar-refractivity contribution in [2.45, 2.75) is 18.9 Å². The van der Waals surface area contributed by atoms with Crippen molar-refractivity contribution in [2.24, 2.45) is 0 Å². The molecule has 0 saturated carbocycles. The Bertz CT molecular complexity index is 1100. The lowest BCUT2D eigenvalue weighted by Crippen LogP contribution is -2.22. The minimum Gasteiger partial charge on any atom is -0.325 e. The number of aromatic nitrogens is 2. The second kappa shape index (κ2) is 8.58. The Hall–Kier alpha value is -2.64. The molecular formula is C20H17ClFN3O2S. The first-order valence-corrected chi connectivity index (χ1v) is 9.74. The zero-order valence-electron chi connectivity index (χ0n) is 15.2. The molecular weight excluding hydrogens is 401 g/mol. The van der Waals surface area contributed by atoms with E-state index in [0.717, 1.165) is 17.3 Å². The van der Waals surface area contributed by atoms with Crippen molar-refractivity contribution in [1.29, 1.82) is 0 Å². The van der Waals surface area contributed by atoms with E-state index in [1.54, 1.807) is 31.2 Å². The van der Waals surface area contributed by atoms with Gasteiger partial charge in [-0.3, -0.25) is 14.2 Å². The number of carbonyl (C=O) groups is 1. The van der Waals surface area contributed by atoms with Crippen molar-refractivity contribution in [3.8, 4) is 5.69 Å². The summed E-state index contributed by atoms with van der Waals surface area (Å²) in [5, 5.41) is 3.44. The van der Waals surface area contributed by atoms with Gasteiger partial charge in [-0.25, -0.2) is 9.37 Å². The number of nitrogens with zero attached hydrogens (tertiary/aromatic N) is 2. The lowest BCUT2D eigenvalue weighted by Gasteiger charge is -2.10. The van der Waals surface area contributed by atoms with E-state index in [-0.39, 0.29) is 16.7 Å². The highest BCUT2D eigenvalue weighted by molar-refractivity contribution is 7.99. The van der Waals surface area contributed by atoms with E-state index in [4.69, 9.17) is 11.6 Å². The van der Waals surface area contributed by atoms with Crippen LogP contribution in [-0.2, 0) is 4.79 Å². The quantitative estimate of drug-likeness (QED) is 0.626. The van der Waals surface area contributed by atoms with Crippen molar-refractivity contribution < 1.29 is 9.18 Å². The summed E-state index contributed by atoms with van der Waals surface area (Å²) in [5.74, 6) is -0.680. The van der Waals surface area contributed by atoms with Gasteiger partial charge in [-0.2, -0.15) is 0 Å². The van der Waals surface area contributed by atoms with Crippen LogP contribution >= 0.6 is 23.4 Å². The molecule has 0 radical (unpaired) electrons. The number of halogens is 2. The van der Waals surface area contributed by atoms with Crippen molar-refractivity contribution in [3.63, 3.8) is 0 Å². The van der Waals surface area contributed by atoms with Crippen LogP contribution in [0.5, 0.6) is 0 Å². The van der Waals surface area contributed by atoms with Crippen LogP contribution in [0.1, 0.15) is 11.1 Å². The lowest BCUT2D eigenvalue weighted by atomic mass is 10.2. The molecule has 1 amide bonds. The number of hydrogen-bond acceptors (Lipinski definition) is 4. The number of carbonyl (C=O) groups excluding carboxylic acids is 1. The van der Waals surface area contributed by atoms with E-state index in [2.05, 4.69) is 10.3 Å². The molecule has 0 aliphatic heterocycles. The van der Waals surface area contributed by atoms with E-state index in [1.807, 2.05) is 13.0 Å². The first-order valence-electron chi connectivity index (χ1n) is 8.38. The van der Waals surface area contributed by atoms with Crippen molar-refractivity contribution >= 4 is 35.0 Å². The fraction of sp³-hybridized carbons (Fsp3) is 0.150. The van der Waals surface area contributed by atoms with Crippen LogP contribution in [0, 0.1) is 19.7 Å². The Labute approximate surface area is 170 Å². The molecule has 0 unspecified atom stereocenters. The number of thioether (sulfide) groups is 1. The molecule has 0 fully saturated rings. The highest BCUT2D eigenvalue weighted by Crippen LogP contribution is 2.21. The predicted molar refractivity (Wildman–Crippen MR) is 110 cm³/mol. The topological polar surface area (TPSA) is 64.0 Å². The Morgan fingerprint density at radius 2 is 1.96 bits per heavy atom. The van der Waals surface area contributed by atoms with Gasteiger partial charge in [-0.1, -0.05) is 35.5 Å². The average Bonchev–Trinajstić information content (AvgIpc) is 2.66. The SMILES string of the molecule is Cc1ccc(-n2ccnc(SCC(=O)Nc3cc(Cl)ccc3C)c2=O)cc1F. The van der Waals surface area contributed by atoms with Crippen molar-refractivity contribution in [2.75, 3.05) is 11.1 Å². The van der Waals surface area contributed by atoms with Crippen LogP contribution in [0.25, 0.3) is 5.69 Å². The van der Waals surface area contributed by atoms with Gasteiger partial charge in [0.2, 0.25) is 5.91 Å². The van der Waals surface area contributed by atoms with Gasteiger partial charge < -0.3 is 5.32 Å². The van der Waals surface area contributed by atoms with Gasteiger partial charge in [0.25, 0.3) is 5.56 Å². The summed E-state index contributed by atoms with van der Waals surface area (Å²) in [6, 6.07) is 9.77. The zero-order valence-corrected chi connectivity index (χ0v) is 16.8. The van der Waals surface area contributed by atoms with Gasteiger partial charge in [0.15, 0.2) is 5.03 Å². The van der Waals surface area contributed by atoms with Gasteiger partial charge in [0.05, 0.1) is 11.4 Å². The average molecular weight is 418 g/mol. The van der Waals surface area contributed by atoms with Crippen molar-refractivity contribution in [3.05, 3.63) is 81.1 Å². The highest BCUT2D eigenvalue weighted by Gasteiger charge is 2.12. The Morgan fingerprint density at radius 3 is 2.71 bits per heavy atom. The third kappa shape index (κ3) is 4.61. The third-order valence-electron chi connectivity index (χ3n) is 4.06. The predicted octanol–water partition coefficient (Wildman–Crippen LogP) is 4.37. The lowest BCUT2D eigenvalue weighted by molar-refractivity contribution is -0.113. The minimum atomic E-state index is -0.414. The standard InChI is InChI=1S/C20H17ClFN3O2S/c1-12-4-6-15(10-16(12)22)25-8-7-23-19(20(25)27)28-11-18(26)24-17-9-14(21)5-3-13(17)2/h3-10H,11H2,1-2H3,(H,24,26). The molecule has 0 saturated heterocycles. The van der Waals surface area contributed by atoms with Gasteiger partial charge in [-0.15, -0.1) is 0 Å². The molecule has 5 nitrogen and oxygen atoms in total. The summed E-state index contributed by atoms with van der Waals surface area (Å²) < 4.78 is 15.1. The van der Waals surface area contributed by atoms with Crippen molar-refractivity contribution in [1.82, 2.24) is 9.55 Å². The molecule has 0 atom stereocenters. The number of anilines is 1. The number of aryl methyl sites for hydroxylation is 2. The molecule has 3 aromatic rings. The first-order chi connectivity index (χ1) is 13.3. The van der Waals surface area contributed by atoms with Crippen LogP contribution in [0.15, 0.2) is 58.6 Å². The van der Waals surface area contributed by atoms with Gasteiger partial charge in [-0.05, 0) is 49.2 Å². The molecule has 0 aliphatic rings. The zero-order chi connectivity index (χ0) is 20.3. The molecule has 3 rings (SSSR count). The summed E-state index contributed by atoms with van der Waals surface area (Å²) in [4.78, 5) is 28.9. The Morgan fingerprint density at radius 1 is 1.21 bits per heavy atom. The molecule has 144 valence electrons. The van der Waals surface area contributed by atoms with Crippen LogP contribution in [0.3, 0.4) is 0 Å². The monoisotopic (exact) mass is 417 g/mol. The second-order valence-electron chi connectivity index (χ2n) is 6.14. The van der Waals surface area contributed by atoms with E-state index >= 15 is 0 Å². The molecule has 1 N–H and O–H groups in total. The molecule has 28 heavy (non-hydrogen) atoms. The van der Waals surface area contributed by atoms with E-state index in [9.17, 15) is 14.0 Å². The maximum absolute atomic E-state index is 13.8. The fourth-order valence-electron chi connectivity index (χ4n) is 2.48. The fourth-order valence-corrected chi connectivity index (χ4v) is 3.35. The Balaban J connectivity index is 1.74. The van der Waals surface area contributed by atoms with E-state index in [1.165, 1.54) is 23.0 Å². The van der Waals surface area contributed by atoms with Crippen LogP contribution in [0.4, 0.5) is 10.1 Å². The number of benzene rings is 2. The molecule has 1 aromatic heterocycles. The molecule has 1 heterocycles. The Kier molecular flexibility index (Phi) is 6.16. The third-order valence-corrected chi connectivity index (χ3v) is 5.25. The first kappa shape index (κ1) is 20.1. The van der Waals surface area contributed by atoms with E-state index < -0.39 is 11.4 Å². The van der Waals surface area contributed by atoms with E-state index in [0.29, 0.717) is 22.0 Å². The number of amides is 1. The smallest absolute Gasteiger partial charge is 0.287 e. The normalized spacial score (nSPS) is 10.7. The maximum Gasteiger partial charge on any atom is 0.287 e. The van der Waals surface area contributed by atoms with Crippen LogP contribution in [-0.4, -0.2) is 21.2 Å². The summed E-state index contributed by atoms with van der Waals surface area (Å²) >= 11 is 6.97. The van der Waals surface area contributed by atoms with Gasteiger partial charge >= 0.3 is 0 Å². The molecule has 0 bridgehead atoms. The molecule has 2 aromatic carbocycles. The molecule has 8 heteroatoms. The van der Waals surface area contributed by atoms with Gasteiger partial charge in [0.1, 0.15) is 5.82 Å². The molecule has 0 aliphatic carbocycles. The number of hydrogen-bond donors (Lipinski definition) is 1. The van der Waals surface area contributed by atoms with Crippen LogP contribution in [0.2, 0.25) is 5.02 Å². The molecule has 0 spiro atoms. The largest absolute Gasteiger partial charge is 0.325 e. The summed E-state index contributed by atoms with van der Waals surface area (Å²) in [6.07, 6.45) is 2.91. The summed E-state index contributed by atoms with van der Waals surface area (Å²) in [6.45, 7) is 3.51. The summed E-state index contributed by atoms with van der Waals surface area (Å²) in [5.41, 5.74) is 1.98. The minimum absolute atomic E-state index is 0.000462. The number of nitrogens with one attached hydrogen (secondary N) is 1. The highest BCUT2D eigenvalue weighted by atomic mass is 35.5. The second-order valence-corrected chi connectivity index (χ2v) is 7.54. The maximum atomic E-state index is 13.8. The van der Waals surface area contributed by atoms with Gasteiger partial charge in [0, 0.05) is 23.1 Å².